The first-order chi connectivity index (χ1) is 5.65. The van der Waals surface area contributed by atoms with Gasteiger partial charge in [0.15, 0.2) is 0 Å². The highest BCUT2D eigenvalue weighted by atomic mass is 32.1. The molecule has 0 aliphatic rings. The van der Waals surface area contributed by atoms with Crippen molar-refractivity contribution >= 4 is 23.0 Å². The van der Waals surface area contributed by atoms with Crippen LogP contribution in [-0.4, -0.2) is 27.0 Å². The molecule has 12 heavy (non-hydrogen) atoms. The van der Waals surface area contributed by atoms with E-state index in [1.807, 2.05) is 0 Å². The number of aliphatic carboxylic acids is 1. The van der Waals surface area contributed by atoms with Gasteiger partial charge in [0.05, 0.1) is 5.01 Å². The highest BCUT2D eigenvalue weighted by Crippen LogP contribution is 2.08. The first-order valence-corrected chi connectivity index (χ1v) is 3.91. The molecule has 1 aromatic rings. The molecule has 0 saturated carbocycles. The van der Waals surface area contributed by atoms with E-state index in [9.17, 15) is 4.79 Å². The molecule has 6 heteroatoms. The zero-order valence-electron chi connectivity index (χ0n) is 6.18. The minimum absolute atomic E-state index is 0.188. The summed E-state index contributed by atoms with van der Waals surface area (Å²) < 4.78 is 0. The Balaban J connectivity index is 3.04. The van der Waals surface area contributed by atoms with Crippen LogP contribution in [0, 0.1) is 6.92 Å². The quantitative estimate of drug-likeness (QED) is 0.405. The van der Waals surface area contributed by atoms with E-state index in [-0.39, 0.29) is 5.69 Å². The van der Waals surface area contributed by atoms with Crippen LogP contribution >= 0.6 is 11.3 Å². The first-order valence-electron chi connectivity index (χ1n) is 3.03. The van der Waals surface area contributed by atoms with Crippen LogP contribution < -0.4 is 0 Å². The van der Waals surface area contributed by atoms with Crippen LogP contribution in [0.3, 0.4) is 0 Å². The van der Waals surface area contributed by atoms with Crippen LogP contribution in [0.2, 0.25) is 0 Å². The SMILES string of the molecule is Cc1nc(/C(=N\O)C(=O)O)cs1. The Hall–Kier alpha value is -1.43. The third-order valence-corrected chi connectivity index (χ3v) is 1.94. The molecule has 1 heterocycles. The number of carbonyl (C=O) groups is 1. The van der Waals surface area contributed by atoms with Crippen molar-refractivity contribution in [1.82, 2.24) is 4.98 Å². The highest BCUT2D eigenvalue weighted by molar-refractivity contribution is 7.09. The molecule has 2 N–H and O–H groups in total. The van der Waals surface area contributed by atoms with Gasteiger partial charge in [0.2, 0.25) is 5.71 Å². The minimum atomic E-state index is -1.29. The van der Waals surface area contributed by atoms with Crippen LogP contribution in [0.5, 0.6) is 0 Å². The molecular weight excluding hydrogens is 180 g/mol. The highest BCUT2D eigenvalue weighted by Gasteiger charge is 2.15. The Morgan fingerprint density at radius 2 is 2.42 bits per heavy atom. The van der Waals surface area contributed by atoms with Crippen molar-refractivity contribution in [3.8, 4) is 0 Å². The molecule has 0 radical (unpaired) electrons. The van der Waals surface area contributed by atoms with Crippen molar-refractivity contribution in [3.05, 3.63) is 16.1 Å². The lowest BCUT2D eigenvalue weighted by Gasteiger charge is -1.90. The number of aryl methyl sites for hydroxylation is 1. The average molecular weight is 186 g/mol. The largest absolute Gasteiger partial charge is 0.476 e. The van der Waals surface area contributed by atoms with Crippen molar-refractivity contribution in [3.63, 3.8) is 0 Å². The molecule has 0 aliphatic heterocycles. The van der Waals surface area contributed by atoms with E-state index in [4.69, 9.17) is 10.3 Å². The molecule has 64 valence electrons. The number of aromatic nitrogens is 1. The fourth-order valence-electron chi connectivity index (χ4n) is 0.676. The summed E-state index contributed by atoms with van der Waals surface area (Å²) in [6, 6.07) is 0. The van der Waals surface area contributed by atoms with E-state index in [1.54, 1.807) is 6.92 Å². The predicted octanol–water partition coefficient (Wildman–Crippen LogP) is 0.714. The van der Waals surface area contributed by atoms with E-state index in [1.165, 1.54) is 16.7 Å². The number of rotatable bonds is 2. The van der Waals surface area contributed by atoms with Crippen molar-refractivity contribution in [2.24, 2.45) is 5.16 Å². The van der Waals surface area contributed by atoms with Crippen LogP contribution in [0.25, 0.3) is 0 Å². The molecule has 0 aliphatic carbocycles. The number of hydrogen-bond donors (Lipinski definition) is 2. The van der Waals surface area contributed by atoms with E-state index < -0.39 is 11.7 Å². The van der Waals surface area contributed by atoms with Crippen LogP contribution in [0.1, 0.15) is 10.7 Å². The number of carboxylic acids is 1. The number of oxime groups is 1. The lowest BCUT2D eigenvalue weighted by atomic mass is 10.3. The summed E-state index contributed by atoms with van der Waals surface area (Å²) in [7, 11) is 0. The van der Waals surface area contributed by atoms with Gasteiger partial charge in [0.1, 0.15) is 5.69 Å². The second kappa shape index (κ2) is 3.31. The molecule has 0 atom stereocenters. The number of hydrogen-bond acceptors (Lipinski definition) is 5. The molecule has 0 amide bonds. The Morgan fingerprint density at radius 1 is 1.75 bits per heavy atom. The smallest absolute Gasteiger partial charge is 0.360 e. The van der Waals surface area contributed by atoms with Crippen molar-refractivity contribution in [1.29, 1.82) is 0 Å². The lowest BCUT2D eigenvalue weighted by Crippen LogP contribution is -2.14. The lowest BCUT2D eigenvalue weighted by molar-refractivity contribution is -0.129. The third-order valence-electron chi connectivity index (χ3n) is 1.16. The molecule has 0 bridgehead atoms. The molecular formula is C6H6N2O3S. The maximum atomic E-state index is 10.4. The summed E-state index contributed by atoms with van der Waals surface area (Å²) in [6.45, 7) is 1.74. The summed E-state index contributed by atoms with van der Waals surface area (Å²) in [6.07, 6.45) is 0. The van der Waals surface area contributed by atoms with Gasteiger partial charge in [0, 0.05) is 5.38 Å². The van der Waals surface area contributed by atoms with E-state index in [2.05, 4.69) is 10.1 Å². The van der Waals surface area contributed by atoms with Gasteiger partial charge in [-0.1, -0.05) is 5.16 Å². The van der Waals surface area contributed by atoms with Crippen LogP contribution in [-0.2, 0) is 4.79 Å². The fourth-order valence-corrected chi connectivity index (χ4v) is 1.27. The van der Waals surface area contributed by atoms with Crippen molar-refractivity contribution in [2.75, 3.05) is 0 Å². The monoisotopic (exact) mass is 186 g/mol. The fraction of sp³-hybridized carbons (Fsp3) is 0.167. The van der Waals surface area contributed by atoms with Gasteiger partial charge >= 0.3 is 5.97 Å². The second-order valence-electron chi connectivity index (χ2n) is 2.01. The maximum Gasteiger partial charge on any atom is 0.360 e. The molecule has 0 spiro atoms. The molecule has 1 aromatic heterocycles. The molecule has 0 unspecified atom stereocenters. The van der Waals surface area contributed by atoms with Gasteiger partial charge in [-0.05, 0) is 6.92 Å². The molecule has 5 nitrogen and oxygen atoms in total. The van der Waals surface area contributed by atoms with E-state index >= 15 is 0 Å². The summed E-state index contributed by atoms with van der Waals surface area (Å²) in [5.74, 6) is -1.29. The molecule has 0 saturated heterocycles. The van der Waals surface area contributed by atoms with Gasteiger partial charge in [-0.2, -0.15) is 0 Å². The molecule has 0 aromatic carbocycles. The normalized spacial score (nSPS) is 11.6. The Bertz CT molecular complexity index is 331. The standard InChI is InChI=1S/C6H6N2O3S/c1-3-7-4(2-12-3)5(8-11)6(9)10/h2,11H,1H3,(H,9,10)/b8-5+. The van der Waals surface area contributed by atoms with Gasteiger partial charge in [-0.25, -0.2) is 9.78 Å². The number of nitrogens with zero attached hydrogens (tertiary/aromatic N) is 2. The average Bonchev–Trinajstić information content (AvgIpc) is 2.37. The predicted molar refractivity (Wildman–Crippen MR) is 42.8 cm³/mol. The summed E-state index contributed by atoms with van der Waals surface area (Å²) in [5, 5.41) is 21.7. The summed E-state index contributed by atoms with van der Waals surface area (Å²) >= 11 is 1.30. The van der Waals surface area contributed by atoms with Gasteiger partial charge in [0.25, 0.3) is 0 Å². The third kappa shape index (κ3) is 1.59. The van der Waals surface area contributed by atoms with Crippen molar-refractivity contribution in [2.45, 2.75) is 6.92 Å². The molecule has 1 rings (SSSR count). The maximum absolute atomic E-state index is 10.4. The zero-order chi connectivity index (χ0) is 9.14. The first kappa shape index (κ1) is 8.66. The van der Waals surface area contributed by atoms with Crippen LogP contribution in [0.15, 0.2) is 10.5 Å². The Labute approximate surface area is 72.0 Å². The Kier molecular flexibility index (Phi) is 2.39. The van der Waals surface area contributed by atoms with Crippen LogP contribution in [0.4, 0.5) is 0 Å². The number of thiazole rings is 1. The van der Waals surface area contributed by atoms with E-state index in [0.717, 1.165) is 5.01 Å². The number of carboxylic acid groups (broad SMARTS) is 1. The summed E-state index contributed by atoms with van der Waals surface area (Å²) in [5.41, 5.74) is -0.244. The second-order valence-corrected chi connectivity index (χ2v) is 3.07. The van der Waals surface area contributed by atoms with Gasteiger partial charge in [-0.3, -0.25) is 0 Å². The van der Waals surface area contributed by atoms with Crippen molar-refractivity contribution < 1.29 is 15.1 Å². The topological polar surface area (TPSA) is 82.8 Å². The van der Waals surface area contributed by atoms with E-state index in [0.29, 0.717) is 0 Å². The Morgan fingerprint density at radius 3 is 2.75 bits per heavy atom. The van der Waals surface area contributed by atoms with Gasteiger partial charge < -0.3 is 10.3 Å². The van der Waals surface area contributed by atoms with Gasteiger partial charge in [-0.15, -0.1) is 11.3 Å². The summed E-state index contributed by atoms with van der Waals surface area (Å²) in [4.78, 5) is 14.3. The molecule has 0 fully saturated rings. The minimum Gasteiger partial charge on any atom is -0.476 e. The zero-order valence-corrected chi connectivity index (χ0v) is 7.00.